The van der Waals surface area contributed by atoms with Crippen LogP contribution in [0.15, 0.2) is 121 Å². The number of anilines is 2. The van der Waals surface area contributed by atoms with E-state index in [1.54, 1.807) is 28.4 Å². The van der Waals surface area contributed by atoms with Crippen LogP contribution in [0.3, 0.4) is 0 Å². The van der Waals surface area contributed by atoms with E-state index in [4.69, 9.17) is 19.4 Å². The number of carbonyl (C=O) groups is 2. The lowest BCUT2D eigenvalue weighted by molar-refractivity contribution is 0.0178. The molecule has 7 aromatic rings. The van der Waals surface area contributed by atoms with Crippen LogP contribution in [0.2, 0.25) is 0 Å². The number of aryl methyl sites for hydroxylation is 2. The van der Waals surface area contributed by atoms with E-state index >= 15 is 0 Å². The maximum Gasteiger partial charge on any atom is 0.410 e. The van der Waals surface area contributed by atoms with Gasteiger partial charge >= 0.3 is 12.2 Å². The fourth-order valence-electron chi connectivity index (χ4n) is 9.08. The Morgan fingerprint density at radius 3 is 1.44 bits per heavy atom. The fraction of sp³-hybridized carbons (Fsp3) is 0.382. The molecule has 2 fully saturated rings. The van der Waals surface area contributed by atoms with E-state index in [0.29, 0.717) is 56.4 Å². The van der Waals surface area contributed by atoms with Crippen LogP contribution in [0.4, 0.5) is 21.2 Å². The highest BCUT2D eigenvalue weighted by molar-refractivity contribution is 7.90. The van der Waals surface area contributed by atoms with Gasteiger partial charge in [-0.25, -0.2) is 47.9 Å². The number of imidazole rings is 2. The van der Waals surface area contributed by atoms with Gasteiger partial charge in [0.2, 0.25) is 20.9 Å². The molecule has 0 atom stereocenters. The number of likely N-dealkylation sites (tertiary alicyclic amines) is 2. The number of hydrogen-bond acceptors (Lipinski definition) is 13. The van der Waals surface area contributed by atoms with Crippen molar-refractivity contribution in [3.63, 3.8) is 0 Å². The van der Waals surface area contributed by atoms with E-state index in [0.717, 1.165) is 58.7 Å². The molecule has 2 aliphatic rings. The van der Waals surface area contributed by atoms with Gasteiger partial charge in [-0.05, 0) is 116 Å². The van der Waals surface area contributed by atoms with Gasteiger partial charge < -0.3 is 33.7 Å². The summed E-state index contributed by atoms with van der Waals surface area (Å²) < 4.78 is 39.6. The van der Waals surface area contributed by atoms with E-state index in [1.807, 2.05) is 107 Å². The van der Waals surface area contributed by atoms with Gasteiger partial charge in [0.15, 0.2) is 0 Å². The molecule has 2 aliphatic heterocycles. The van der Waals surface area contributed by atoms with Crippen molar-refractivity contribution in [2.24, 2.45) is 0 Å². The van der Waals surface area contributed by atoms with E-state index in [9.17, 15) is 18.0 Å². The molecule has 4 aromatic heterocycles. The van der Waals surface area contributed by atoms with Crippen molar-refractivity contribution in [1.82, 2.24) is 48.8 Å². The first-order valence-corrected chi connectivity index (χ1v) is 26.5. The van der Waals surface area contributed by atoms with Crippen molar-refractivity contribution in [2.75, 3.05) is 37.8 Å². The Bertz CT molecular complexity index is 3130. The second kappa shape index (κ2) is 21.7. The number of rotatable bonds is 9. The third kappa shape index (κ3) is 13.1. The lowest BCUT2D eigenvalue weighted by Crippen LogP contribution is -2.42. The Hall–Kier alpha value is -7.47. The third-order valence-corrected chi connectivity index (χ3v) is 13.1. The molecule has 2 saturated heterocycles. The first-order valence-electron chi connectivity index (χ1n) is 24.6. The zero-order chi connectivity index (χ0) is 52.1. The van der Waals surface area contributed by atoms with Crippen LogP contribution in [0, 0.1) is 13.8 Å². The van der Waals surface area contributed by atoms with Crippen molar-refractivity contribution < 1.29 is 27.5 Å². The first kappa shape index (κ1) is 51.9. The van der Waals surface area contributed by atoms with Gasteiger partial charge in [-0.2, -0.15) is 0 Å². The Morgan fingerprint density at radius 2 is 1.01 bits per heavy atom. The number of ether oxygens (including phenoxy) is 2. The summed E-state index contributed by atoms with van der Waals surface area (Å²) in [6.45, 7) is 17.8. The van der Waals surface area contributed by atoms with E-state index in [2.05, 4.69) is 74.0 Å². The first-order chi connectivity index (χ1) is 34.7. The van der Waals surface area contributed by atoms with E-state index in [-0.39, 0.29) is 29.4 Å². The van der Waals surface area contributed by atoms with Gasteiger partial charge in [0.1, 0.15) is 11.2 Å². The summed E-state index contributed by atoms with van der Waals surface area (Å²) in [5, 5.41) is 3.15. The number of sulfone groups is 1. The van der Waals surface area contributed by atoms with E-state index in [1.165, 1.54) is 17.3 Å². The zero-order valence-electron chi connectivity index (χ0n) is 43.1. The Morgan fingerprint density at radius 1 is 0.589 bits per heavy atom. The molecule has 0 radical (unpaired) electrons. The predicted molar refractivity (Wildman–Crippen MR) is 282 cm³/mol. The average Bonchev–Trinajstić information content (AvgIpc) is 4.00. The highest BCUT2D eigenvalue weighted by atomic mass is 32.2. The van der Waals surface area contributed by atoms with Crippen LogP contribution in [-0.4, -0.2) is 113 Å². The molecule has 1 N–H and O–H groups in total. The number of carbonyl (C=O) groups excluding carboxylic acids is 2. The summed E-state index contributed by atoms with van der Waals surface area (Å²) in [5.74, 6) is 0.531. The number of aromatic nitrogens is 8. The summed E-state index contributed by atoms with van der Waals surface area (Å²) in [6.07, 6.45) is 10.5. The maximum absolute atomic E-state index is 12.6. The topological polar surface area (TPSA) is 192 Å². The van der Waals surface area contributed by atoms with Crippen molar-refractivity contribution in [1.29, 1.82) is 0 Å². The normalized spacial score (nSPS) is 14.8. The number of hydrogen-bond donors (Lipinski definition) is 1. The van der Waals surface area contributed by atoms with Crippen LogP contribution in [0.5, 0.6) is 0 Å². The lowest BCUT2D eigenvalue weighted by atomic mass is 10.0. The molecule has 0 unspecified atom stereocenters. The number of amides is 2. The SMILES string of the molecule is CC(C)(C)OC(=O)N1CCC(n2cnc(-c3ccccc3)c2-c2ccnc(S(C)(=O)=O)n2)CC1.Cc1cc(C)cc(Nc2nccc(-c3c(-c4ccccc4)ncn3C3CCN(C(=O)OC(C)(C)C)CC3)n2)c1. The molecule has 2 amide bonds. The highest BCUT2D eigenvalue weighted by Gasteiger charge is 2.32. The molecule has 0 bridgehead atoms. The van der Waals surface area contributed by atoms with Gasteiger partial charge in [0.25, 0.3) is 0 Å². The second-order valence-electron chi connectivity index (χ2n) is 20.6. The largest absolute Gasteiger partial charge is 0.444 e. The smallest absolute Gasteiger partial charge is 0.410 e. The monoisotopic (exact) mass is 1010 g/mol. The maximum atomic E-state index is 12.6. The highest BCUT2D eigenvalue weighted by Crippen LogP contribution is 2.38. The minimum absolute atomic E-state index is 0.0651. The van der Waals surface area contributed by atoms with Gasteiger partial charge in [0.05, 0.1) is 46.8 Å². The molecule has 18 heteroatoms. The molecule has 0 spiro atoms. The van der Waals surface area contributed by atoms with Gasteiger partial charge in [-0.15, -0.1) is 0 Å². The summed E-state index contributed by atoms with van der Waals surface area (Å²) in [6, 6.07) is 30.1. The average molecular weight is 1010 g/mol. The second-order valence-corrected chi connectivity index (χ2v) is 22.5. The molecule has 17 nitrogen and oxygen atoms in total. The molecule has 0 aliphatic carbocycles. The fourth-order valence-corrected chi connectivity index (χ4v) is 9.60. The third-order valence-electron chi connectivity index (χ3n) is 12.3. The molecule has 6 heterocycles. The van der Waals surface area contributed by atoms with Gasteiger partial charge in [-0.3, -0.25) is 0 Å². The van der Waals surface area contributed by atoms with E-state index < -0.39 is 21.0 Å². The van der Waals surface area contributed by atoms with Gasteiger partial charge in [0, 0.05) is 73.7 Å². The van der Waals surface area contributed by atoms with Crippen molar-refractivity contribution in [3.8, 4) is 45.3 Å². The Labute approximate surface area is 428 Å². The molecule has 382 valence electrons. The predicted octanol–water partition coefficient (Wildman–Crippen LogP) is 10.9. The number of nitrogens with one attached hydrogen (secondary N) is 1. The molecule has 0 saturated carbocycles. The molecular formula is C55H65N11O6S. The Balaban J connectivity index is 0.000000197. The summed E-state index contributed by atoms with van der Waals surface area (Å²) in [7, 11) is -3.57. The Kier molecular flexibility index (Phi) is 15.4. The van der Waals surface area contributed by atoms with Crippen molar-refractivity contribution in [3.05, 3.63) is 127 Å². The number of piperidine rings is 2. The van der Waals surface area contributed by atoms with Crippen LogP contribution >= 0.6 is 0 Å². The van der Waals surface area contributed by atoms with Crippen LogP contribution in [0.1, 0.15) is 90.4 Å². The minimum atomic E-state index is -3.57. The summed E-state index contributed by atoms with van der Waals surface area (Å²) in [4.78, 5) is 55.9. The lowest BCUT2D eigenvalue weighted by Gasteiger charge is -2.34. The van der Waals surface area contributed by atoms with Crippen LogP contribution in [0.25, 0.3) is 45.3 Å². The zero-order valence-corrected chi connectivity index (χ0v) is 43.9. The van der Waals surface area contributed by atoms with Crippen molar-refractivity contribution >= 4 is 33.7 Å². The van der Waals surface area contributed by atoms with Crippen LogP contribution < -0.4 is 5.32 Å². The number of nitrogens with zero attached hydrogens (tertiary/aromatic N) is 10. The summed E-state index contributed by atoms with van der Waals surface area (Å²) >= 11 is 0. The standard InChI is InChI=1S/C31H36N6O2.C24H29N5O4S/c1-21-17-22(2)19-24(18-21)34-29-32-14-11-26(35-29)28-27(23-9-7-6-8-10-23)33-20-37(28)25-12-15-36(16-13-25)30(38)39-31(3,4)5;1-24(2,3)33-23(30)28-14-11-18(12-15-28)29-16-26-20(17-8-6-5-7-9-17)21(29)19-10-13-25-22(27-19)34(4,31)32/h6-11,14,17-20,25H,12-13,15-16H2,1-5H3,(H,32,34,35);5-10,13,16,18H,11-12,14-15H2,1-4H3. The molecular weight excluding hydrogens is 943 g/mol. The molecule has 3 aromatic carbocycles. The van der Waals surface area contributed by atoms with Crippen molar-refractivity contribution in [2.45, 2.75) is 110 Å². The molecule has 73 heavy (non-hydrogen) atoms. The molecule has 9 rings (SSSR count). The van der Waals surface area contributed by atoms with Gasteiger partial charge in [-0.1, -0.05) is 66.7 Å². The minimum Gasteiger partial charge on any atom is -0.444 e. The van der Waals surface area contributed by atoms with Crippen LogP contribution in [-0.2, 0) is 19.3 Å². The quantitative estimate of drug-likeness (QED) is 0.134. The number of benzene rings is 3. The summed E-state index contributed by atoms with van der Waals surface area (Å²) in [5.41, 5.74) is 8.74.